The zero-order chi connectivity index (χ0) is 11.1. The second-order valence-electron chi connectivity index (χ2n) is 3.91. The van der Waals surface area contributed by atoms with E-state index in [0.29, 0.717) is 5.02 Å². The number of fused-ring (bicyclic) bond motifs is 1. The van der Waals surface area contributed by atoms with Gasteiger partial charge in [-0.05, 0) is 18.9 Å². The van der Waals surface area contributed by atoms with Gasteiger partial charge in [0.25, 0.3) is 0 Å². The monoisotopic (exact) mass is 252 g/mol. The molecule has 0 aliphatic heterocycles. The summed E-state index contributed by atoms with van der Waals surface area (Å²) in [4.78, 5) is 15.6. The van der Waals surface area contributed by atoms with Gasteiger partial charge in [0.15, 0.2) is 0 Å². The number of nitrogens with zero attached hydrogens (tertiary/aromatic N) is 1. The third-order valence-electron chi connectivity index (χ3n) is 2.59. The molecule has 3 rings (SSSR count). The molecule has 0 bridgehead atoms. The van der Waals surface area contributed by atoms with Crippen molar-refractivity contribution in [2.75, 3.05) is 5.32 Å². The average molecular weight is 253 g/mol. The van der Waals surface area contributed by atoms with Crippen LogP contribution in [0.5, 0.6) is 0 Å². The Morgan fingerprint density at radius 3 is 3.00 bits per heavy atom. The molecule has 0 saturated heterocycles. The minimum absolute atomic E-state index is 0.121. The van der Waals surface area contributed by atoms with Crippen LogP contribution >= 0.6 is 22.9 Å². The van der Waals surface area contributed by atoms with Crippen molar-refractivity contribution in [3.8, 4) is 0 Å². The van der Waals surface area contributed by atoms with Crippen molar-refractivity contribution in [3.63, 3.8) is 0 Å². The lowest BCUT2D eigenvalue weighted by Gasteiger charge is -1.98. The maximum Gasteiger partial charge on any atom is 0.228 e. The first kappa shape index (κ1) is 10.1. The van der Waals surface area contributed by atoms with E-state index in [2.05, 4.69) is 10.3 Å². The molecule has 16 heavy (non-hydrogen) atoms. The Morgan fingerprint density at radius 1 is 1.50 bits per heavy atom. The molecule has 2 heterocycles. The van der Waals surface area contributed by atoms with E-state index in [-0.39, 0.29) is 11.8 Å². The Morgan fingerprint density at radius 2 is 2.31 bits per heavy atom. The summed E-state index contributed by atoms with van der Waals surface area (Å²) in [7, 11) is 0. The van der Waals surface area contributed by atoms with Gasteiger partial charge in [0, 0.05) is 23.7 Å². The summed E-state index contributed by atoms with van der Waals surface area (Å²) in [5.74, 6) is 0.342. The highest BCUT2D eigenvalue weighted by atomic mass is 35.5. The Labute approximate surface area is 101 Å². The average Bonchev–Trinajstić information content (AvgIpc) is 3.01. The number of thiophene rings is 1. The Hall–Kier alpha value is -1.13. The van der Waals surface area contributed by atoms with Crippen LogP contribution in [0.2, 0.25) is 5.02 Å². The van der Waals surface area contributed by atoms with E-state index < -0.39 is 0 Å². The Kier molecular flexibility index (Phi) is 2.33. The molecule has 0 aromatic carbocycles. The van der Waals surface area contributed by atoms with Gasteiger partial charge in [-0.15, -0.1) is 11.3 Å². The minimum Gasteiger partial charge on any atom is -0.317 e. The third-order valence-corrected chi connectivity index (χ3v) is 3.88. The summed E-state index contributed by atoms with van der Waals surface area (Å²) >= 11 is 7.52. The Balaban J connectivity index is 1.92. The minimum atomic E-state index is 0.121. The molecule has 1 amide bonds. The standard InChI is InChI=1S/C11H9ClN2OS/c12-8-4-13-5-9-7(8)3-10(16-9)14-11(15)6-1-2-6/h3-6H,1-2H2,(H,14,15). The molecule has 0 atom stereocenters. The van der Waals surface area contributed by atoms with Gasteiger partial charge in [0.1, 0.15) is 0 Å². The molecule has 0 spiro atoms. The number of aromatic nitrogens is 1. The maximum absolute atomic E-state index is 11.6. The maximum atomic E-state index is 11.6. The molecule has 2 aromatic heterocycles. The number of amides is 1. The van der Waals surface area contributed by atoms with Crippen LogP contribution in [-0.2, 0) is 4.79 Å². The van der Waals surface area contributed by atoms with Crippen molar-refractivity contribution in [2.24, 2.45) is 5.92 Å². The topological polar surface area (TPSA) is 42.0 Å². The number of halogens is 1. The van der Waals surface area contributed by atoms with E-state index >= 15 is 0 Å². The van der Waals surface area contributed by atoms with Crippen LogP contribution in [0.15, 0.2) is 18.5 Å². The summed E-state index contributed by atoms with van der Waals surface area (Å²) in [5, 5.41) is 5.34. The molecule has 1 aliphatic rings. The molecular formula is C11H9ClN2OS. The van der Waals surface area contributed by atoms with Gasteiger partial charge in [-0.25, -0.2) is 0 Å². The molecule has 1 aliphatic carbocycles. The zero-order valence-corrected chi connectivity index (χ0v) is 9.94. The fraction of sp³-hybridized carbons (Fsp3) is 0.273. The van der Waals surface area contributed by atoms with Gasteiger partial charge in [-0.1, -0.05) is 11.6 Å². The first-order valence-corrected chi connectivity index (χ1v) is 6.27. The van der Waals surface area contributed by atoms with Crippen molar-refractivity contribution < 1.29 is 4.79 Å². The molecule has 1 saturated carbocycles. The molecule has 82 valence electrons. The summed E-state index contributed by atoms with van der Waals surface area (Å²) in [6, 6.07) is 1.91. The van der Waals surface area contributed by atoms with Crippen molar-refractivity contribution in [3.05, 3.63) is 23.5 Å². The second-order valence-corrected chi connectivity index (χ2v) is 5.40. The largest absolute Gasteiger partial charge is 0.317 e. The molecule has 0 unspecified atom stereocenters. The van der Waals surface area contributed by atoms with E-state index in [0.717, 1.165) is 27.9 Å². The van der Waals surface area contributed by atoms with Gasteiger partial charge < -0.3 is 5.32 Å². The van der Waals surface area contributed by atoms with Crippen LogP contribution in [-0.4, -0.2) is 10.9 Å². The quantitative estimate of drug-likeness (QED) is 0.891. The number of hydrogen-bond acceptors (Lipinski definition) is 3. The summed E-state index contributed by atoms with van der Waals surface area (Å²) in [6.45, 7) is 0. The summed E-state index contributed by atoms with van der Waals surface area (Å²) < 4.78 is 0.999. The van der Waals surface area contributed by atoms with Crippen LogP contribution in [0.3, 0.4) is 0 Å². The lowest BCUT2D eigenvalue weighted by atomic mass is 10.3. The molecular weight excluding hydrogens is 244 g/mol. The zero-order valence-electron chi connectivity index (χ0n) is 8.37. The molecule has 1 fully saturated rings. The highest BCUT2D eigenvalue weighted by Crippen LogP contribution is 2.35. The van der Waals surface area contributed by atoms with E-state index in [4.69, 9.17) is 11.6 Å². The van der Waals surface area contributed by atoms with E-state index in [1.165, 1.54) is 11.3 Å². The highest BCUT2D eigenvalue weighted by Gasteiger charge is 2.29. The normalized spacial score (nSPS) is 15.3. The fourth-order valence-electron chi connectivity index (χ4n) is 1.56. The number of hydrogen-bond donors (Lipinski definition) is 1. The van der Waals surface area contributed by atoms with Crippen LogP contribution in [0.1, 0.15) is 12.8 Å². The first-order valence-electron chi connectivity index (χ1n) is 5.08. The van der Waals surface area contributed by atoms with Gasteiger partial charge in [0.2, 0.25) is 5.91 Å². The van der Waals surface area contributed by atoms with E-state index in [1.807, 2.05) is 6.07 Å². The predicted molar refractivity (Wildman–Crippen MR) is 66.0 cm³/mol. The number of pyridine rings is 1. The SMILES string of the molecule is O=C(Nc1cc2c(Cl)cncc2s1)C1CC1. The number of nitrogens with one attached hydrogen (secondary N) is 1. The van der Waals surface area contributed by atoms with Crippen molar-refractivity contribution in [2.45, 2.75) is 12.8 Å². The third kappa shape index (κ3) is 1.79. The predicted octanol–water partition coefficient (Wildman–Crippen LogP) is 3.30. The molecule has 0 radical (unpaired) electrons. The summed E-state index contributed by atoms with van der Waals surface area (Å²) in [6.07, 6.45) is 5.40. The van der Waals surface area contributed by atoms with Crippen molar-refractivity contribution in [1.82, 2.24) is 4.98 Å². The summed E-state index contributed by atoms with van der Waals surface area (Å²) in [5.41, 5.74) is 0. The number of anilines is 1. The highest BCUT2D eigenvalue weighted by molar-refractivity contribution is 7.23. The second kappa shape index (κ2) is 3.71. The van der Waals surface area contributed by atoms with Crippen LogP contribution < -0.4 is 5.32 Å². The van der Waals surface area contributed by atoms with Crippen molar-refractivity contribution in [1.29, 1.82) is 0 Å². The smallest absolute Gasteiger partial charge is 0.228 e. The fourth-order valence-corrected chi connectivity index (χ4v) is 2.78. The number of rotatable bonds is 2. The van der Waals surface area contributed by atoms with Crippen LogP contribution in [0, 0.1) is 5.92 Å². The molecule has 2 aromatic rings. The van der Waals surface area contributed by atoms with Gasteiger partial charge in [-0.2, -0.15) is 0 Å². The van der Waals surface area contributed by atoms with E-state index in [9.17, 15) is 4.79 Å². The number of carbonyl (C=O) groups is 1. The van der Waals surface area contributed by atoms with Gasteiger partial charge in [-0.3, -0.25) is 9.78 Å². The number of carbonyl (C=O) groups excluding carboxylic acids is 1. The Bertz CT molecular complexity index is 562. The lowest BCUT2D eigenvalue weighted by Crippen LogP contribution is -2.11. The van der Waals surface area contributed by atoms with Gasteiger partial charge in [0.05, 0.1) is 14.7 Å². The van der Waals surface area contributed by atoms with Crippen LogP contribution in [0.4, 0.5) is 5.00 Å². The molecule has 3 nitrogen and oxygen atoms in total. The molecule has 1 N–H and O–H groups in total. The lowest BCUT2D eigenvalue weighted by molar-refractivity contribution is -0.117. The first-order chi connectivity index (χ1) is 7.74. The van der Waals surface area contributed by atoms with Crippen LogP contribution in [0.25, 0.3) is 10.1 Å². The van der Waals surface area contributed by atoms with Gasteiger partial charge >= 0.3 is 0 Å². The van der Waals surface area contributed by atoms with Crippen molar-refractivity contribution >= 4 is 43.9 Å². The van der Waals surface area contributed by atoms with E-state index in [1.54, 1.807) is 12.4 Å². The molecule has 5 heteroatoms.